The summed E-state index contributed by atoms with van der Waals surface area (Å²) in [6, 6.07) is 84.8. The molecule has 0 bridgehead atoms. The fraction of sp³-hybridized carbons (Fsp3) is 0.214. The fourth-order valence-electron chi connectivity index (χ4n) is 17.4. The molecule has 2 nitrogen and oxygen atoms in total. The highest BCUT2D eigenvalue weighted by Crippen LogP contribution is 2.60. The Bertz CT molecular complexity index is 4320. The minimum Gasteiger partial charge on any atom is -0.310 e. The first-order valence-corrected chi connectivity index (χ1v) is 31.2. The average molecular weight is 1110 g/mol. The Balaban J connectivity index is 0.779. The van der Waals surface area contributed by atoms with E-state index in [0.717, 1.165) is 0 Å². The Morgan fingerprint density at radius 1 is 0.163 bits per heavy atom. The van der Waals surface area contributed by atoms with Crippen LogP contribution in [0.2, 0.25) is 0 Å². The highest BCUT2D eigenvalue weighted by Gasteiger charge is 2.45. The molecule has 86 heavy (non-hydrogen) atoms. The van der Waals surface area contributed by atoms with Gasteiger partial charge in [-0.25, -0.2) is 0 Å². The third-order valence-electron chi connectivity index (χ3n) is 22.3. The van der Waals surface area contributed by atoms with E-state index in [0.29, 0.717) is 0 Å². The summed E-state index contributed by atoms with van der Waals surface area (Å²) >= 11 is 0. The molecular formula is C84H72N2. The van der Waals surface area contributed by atoms with E-state index in [2.05, 4.69) is 311 Å². The molecule has 0 spiro atoms. The normalized spacial score (nSPS) is 17.2. The first-order chi connectivity index (χ1) is 41.2. The molecule has 0 aromatic heterocycles. The van der Waals surface area contributed by atoms with Crippen LogP contribution >= 0.6 is 0 Å². The minimum atomic E-state index is -0.268. The van der Waals surface area contributed by atoms with Gasteiger partial charge in [-0.3, -0.25) is 0 Å². The topological polar surface area (TPSA) is 6.48 Å². The SMILES string of the molecule is CC1(C)c2ccccc2-c2ccc(N(c3ccc4c(c3)C(C)(C)c3ccccc3-4)c3ccc4c(c3)C(C)(C)c3cc5c(cc3-4)C(C)(C)c3cc(N(c4ccc6c(c4)C(C)(C)c4ccccc4-6)c4ccc6c(c4)C(C)(C)c4ccccc4-6)ccc3-5)cc21. The van der Waals surface area contributed by atoms with Crippen LogP contribution in [-0.2, 0) is 32.5 Å². The lowest BCUT2D eigenvalue weighted by Gasteiger charge is -2.31. The van der Waals surface area contributed by atoms with E-state index in [4.69, 9.17) is 0 Å². The standard InChI is InChI=1S/C84H72N2/c1-79(2)67-25-17-13-21-55(67)59-35-29-49(41-71(59)79)85(50-30-36-60-56-22-14-18-26-68(56)80(3,4)72(60)42-50)53-33-39-63-65-47-78-66(48-77(65)83(9,10)75(63)45-53)64-40-34-54(46-76(64)84(78,11)12)86(51-31-37-61-57-23-15-19-27-69(57)81(5,6)73(61)43-51)52-32-38-62-58-24-16-20-28-70(58)82(7,8)74(62)44-52/h13-48H,1-12H3. The van der Waals surface area contributed by atoms with Crippen LogP contribution in [0.3, 0.4) is 0 Å². The first-order valence-electron chi connectivity index (χ1n) is 31.2. The maximum Gasteiger partial charge on any atom is 0.0465 e. The van der Waals surface area contributed by atoms with Gasteiger partial charge >= 0.3 is 0 Å². The van der Waals surface area contributed by atoms with Gasteiger partial charge < -0.3 is 9.80 Å². The van der Waals surface area contributed by atoms with Gasteiger partial charge in [0.05, 0.1) is 0 Å². The van der Waals surface area contributed by atoms with Crippen LogP contribution in [-0.4, -0.2) is 0 Å². The number of benzene rings is 11. The number of hydrogen-bond acceptors (Lipinski definition) is 2. The third-order valence-corrected chi connectivity index (χ3v) is 22.3. The van der Waals surface area contributed by atoms with Gasteiger partial charge in [-0.15, -0.1) is 0 Å². The van der Waals surface area contributed by atoms with Crippen LogP contribution in [0.4, 0.5) is 34.1 Å². The molecule has 6 aliphatic rings. The van der Waals surface area contributed by atoms with Gasteiger partial charge in [-0.2, -0.15) is 0 Å². The monoisotopic (exact) mass is 1110 g/mol. The highest BCUT2D eigenvalue weighted by molar-refractivity contribution is 5.95. The molecule has 0 saturated carbocycles. The Hall–Kier alpha value is -8.98. The zero-order valence-corrected chi connectivity index (χ0v) is 51.7. The molecule has 0 unspecified atom stereocenters. The van der Waals surface area contributed by atoms with E-state index < -0.39 is 0 Å². The van der Waals surface area contributed by atoms with Crippen LogP contribution in [0.5, 0.6) is 0 Å². The second kappa shape index (κ2) is 16.9. The number of nitrogens with zero attached hydrogens (tertiary/aromatic N) is 2. The quantitative estimate of drug-likeness (QED) is 0.164. The lowest BCUT2D eigenvalue weighted by Crippen LogP contribution is -2.19. The summed E-state index contributed by atoms with van der Waals surface area (Å²) in [7, 11) is 0. The summed E-state index contributed by atoms with van der Waals surface area (Å²) in [5.74, 6) is 0. The molecule has 11 aromatic carbocycles. The summed E-state index contributed by atoms with van der Waals surface area (Å²) in [5.41, 5.74) is 38.6. The number of hydrogen-bond donors (Lipinski definition) is 0. The summed E-state index contributed by atoms with van der Waals surface area (Å²) in [6.07, 6.45) is 0. The van der Waals surface area contributed by atoms with E-state index in [-0.39, 0.29) is 32.5 Å². The molecule has 0 N–H and O–H groups in total. The van der Waals surface area contributed by atoms with Gasteiger partial charge in [-0.05, 0) is 218 Å². The van der Waals surface area contributed by atoms with Crippen molar-refractivity contribution in [1.82, 2.24) is 0 Å². The summed E-state index contributed by atoms with van der Waals surface area (Å²) in [5, 5.41) is 0. The van der Waals surface area contributed by atoms with Crippen molar-refractivity contribution < 1.29 is 0 Å². The predicted octanol–water partition coefficient (Wildman–Crippen LogP) is 22.5. The van der Waals surface area contributed by atoms with Gasteiger partial charge in [-0.1, -0.05) is 217 Å². The zero-order chi connectivity index (χ0) is 58.9. The Labute approximate surface area is 508 Å². The molecule has 0 fully saturated rings. The largest absolute Gasteiger partial charge is 0.310 e. The number of anilines is 6. The van der Waals surface area contributed by atoms with Crippen molar-refractivity contribution in [3.63, 3.8) is 0 Å². The highest BCUT2D eigenvalue weighted by atomic mass is 15.1. The van der Waals surface area contributed by atoms with Crippen molar-refractivity contribution in [3.8, 4) is 66.8 Å². The van der Waals surface area contributed by atoms with Gasteiger partial charge in [0.25, 0.3) is 0 Å². The first kappa shape index (κ1) is 51.4. The van der Waals surface area contributed by atoms with Crippen LogP contribution in [0, 0.1) is 0 Å². The van der Waals surface area contributed by atoms with E-state index in [9.17, 15) is 0 Å². The molecule has 418 valence electrons. The van der Waals surface area contributed by atoms with E-state index >= 15 is 0 Å². The van der Waals surface area contributed by atoms with Crippen molar-refractivity contribution in [2.75, 3.05) is 9.80 Å². The molecule has 17 rings (SSSR count). The summed E-state index contributed by atoms with van der Waals surface area (Å²) in [4.78, 5) is 5.09. The molecular weight excluding hydrogens is 1040 g/mol. The van der Waals surface area contributed by atoms with Gasteiger partial charge in [0, 0.05) is 66.6 Å². The maximum atomic E-state index is 2.58. The zero-order valence-electron chi connectivity index (χ0n) is 51.7. The molecule has 0 amide bonds. The molecule has 2 heteroatoms. The van der Waals surface area contributed by atoms with Gasteiger partial charge in [0.1, 0.15) is 0 Å². The van der Waals surface area contributed by atoms with Gasteiger partial charge in [0.2, 0.25) is 0 Å². The van der Waals surface area contributed by atoms with Crippen molar-refractivity contribution in [1.29, 1.82) is 0 Å². The second-order valence-corrected chi connectivity index (χ2v) is 28.9. The van der Waals surface area contributed by atoms with E-state index in [1.807, 2.05) is 0 Å². The van der Waals surface area contributed by atoms with Crippen molar-refractivity contribution in [2.24, 2.45) is 0 Å². The van der Waals surface area contributed by atoms with Crippen molar-refractivity contribution in [2.45, 2.75) is 116 Å². The molecule has 0 radical (unpaired) electrons. The van der Waals surface area contributed by atoms with Crippen molar-refractivity contribution in [3.05, 3.63) is 285 Å². The Morgan fingerprint density at radius 2 is 0.326 bits per heavy atom. The minimum absolute atomic E-state index is 0.134. The molecule has 11 aromatic rings. The van der Waals surface area contributed by atoms with E-state index in [1.165, 1.54) is 168 Å². The lowest BCUT2D eigenvalue weighted by molar-refractivity contribution is 0.652. The number of fused-ring (bicyclic) bond motifs is 18. The average Bonchev–Trinajstić information content (AvgIpc) is 1.57. The Morgan fingerprint density at radius 3 is 0.547 bits per heavy atom. The molecule has 0 saturated heterocycles. The smallest absolute Gasteiger partial charge is 0.0465 e. The van der Waals surface area contributed by atoms with Crippen LogP contribution in [0.15, 0.2) is 218 Å². The van der Waals surface area contributed by atoms with Crippen molar-refractivity contribution >= 4 is 34.1 Å². The maximum absolute atomic E-state index is 2.58. The lowest BCUT2D eigenvalue weighted by atomic mass is 9.79. The Kier molecular flexibility index (Phi) is 10.1. The second-order valence-electron chi connectivity index (χ2n) is 28.9. The van der Waals surface area contributed by atoms with Crippen LogP contribution in [0.25, 0.3) is 66.8 Å². The molecule has 0 aliphatic heterocycles. The molecule has 0 atom stereocenters. The number of rotatable bonds is 6. The molecule has 0 heterocycles. The third kappa shape index (κ3) is 6.63. The molecule has 6 aliphatic carbocycles. The van der Waals surface area contributed by atoms with E-state index in [1.54, 1.807) is 0 Å². The predicted molar refractivity (Wildman–Crippen MR) is 361 cm³/mol. The fourth-order valence-corrected chi connectivity index (χ4v) is 17.4. The van der Waals surface area contributed by atoms with Crippen LogP contribution in [0.1, 0.15) is 150 Å². The van der Waals surface area contributed by atoms with Gasteiger partial charge in [0.15, 0.2) is 0 Å². The summed E-state index contributed by atoms with van der Waals surface area (Å²) < 4.78 is 0. The van der Waals surface area contributed by atoms with Crippen LogP contribution < -0.4 is 9.80 Å². The summed E-state index contributed by atoms with van der Waals surface area (Å²) in [6.45, 7) is 29.0.